The van der Waals surface area contributed by atoms with Crippen molar-refractivity contribution in [2.24, 2.45) is 0 Å². The van der Waals surface area contributed by atoms with Gasteiger partial charge in [-0.05, 0) is 209 Å². The number of halogens is 8. The third kappa shape index (κ3) is 40.0. The molecule has 50 heteroatoms. The molecule has 8 aromatic heterocycles. The number of amides is 3. The summed E-state index contributed by atoms with van der Waals surface area (Å²) in [6.45, 7) is 17.0. The van der Waals surface area contributed by atoms with Crippen LogP contribution in [0.2, 0.25) is 0 Å². The summed E-state index contributed by atoms with van der Waals surface area (Å²) >= 11 is 38.8. The SMILES string of the molecule is C.C.C.CC(=O)c1nn(CC(=O)N2C[C@H](F)C[C@H]2CS(=O)c2cccc(Br)n2)c2ccc(-c3cnc(C)nc3)cc12.CC(=O)c1nn(CC(=O)O)c2ccc(-c3cnc(C)nc3)cc12.CC(C)(C)OC(=O)N1C[C@H](F)C[C@H]1CS(=O)c1cccc(Br)n1.CC(C)(C)OC(=O)N1C[C@H](F)C[C@H]1CSc1cccc(Br)n1.O=S(C[C@@H]1C[C@@H](F)CN1)c1cccc(Br)n1.S.S=S.S=S=S.S=S=S=S. The quantitative estimate of drug-likeness (QED) is 0.0310. The topological polar surface area (TPSA) is 353 Å². The Morgan fingerprint density at radius 3 is 1.21 bits per heavy atom. The molecule has 4 aliphatic heterocycles. The number of aromatic nitrogens is 12. The number of carboxylic acids is 1. The van der Waals surface area contributed by atoms with Crippen LogP contribution in [0.1, 0.15) is 136 Å². The molecule has 28 nitrogen and oxygen atoms in total. The number of carbonyl (C=O) groups excluding carboxylic acids is 5. The second kappa shape index (κ2) is 60.1. The highest BCUT2D eigenvalue weighted by atomic mass is 79.9. The number of rotatable bonds is 20. The van der Waals surface area contributed by atoms with Gasteiger partial charge in [0.25, 0.3) is 0 Å². The number of thioether (sulfide) groups is 1. The van der Waals surface area contributed by atoms with Crippen molar-refractivity contribution in [3.8, 4) is 22.3 Å². The first-order valence-electron chi connectivity index (χ1n) is 39.4. The van der Waals surface area contributed by atoms with E-state index in [2.05, 4.69) is 186 Å². The maximum atomic E-state index is 14.4. The average Bonchev–Trinajstić information content (AvgIpc) is 1.62. The van der Waals surface area contributed by atoms with Crippen molar-refractivity contribution in [2.75, 3.05) is 49.2 Å². The minimum atomic E-state index is -1.51. The van der Waals surface area contributed by atoms with Crippen LogP contribution >= 0.6 is 89.0 Å². The minimum Gasteiger partial charge on any atom is -0.480 e. The average molecular weight is 2390 g/mol. The molecule has 3 unspecified atom stereocenters. The van der Waals surface area contributed by atoms with E-state index in [4.69, 9.17) is 14.6 Å². The lowest BCUT2D eigenvalue weighted by atomic mass is 10.0. The van der Waals surface area contributed by atoms with Gasteiger partial charge in [-0.2, -0.15) is 23.7 Å². The Kier molecular flexibility index (Phi) is 54.7. The van der Waals surface area contributed by atoms with Crippen LogP contribution in [-0.4, -0.2) is 237 Å². The van der Waals surface area contributed by atoms with Gasteiger partial charge in [-0.1, -0.05) is 58.7 Å². The van der Waals surface area contributed by atoms with E-state index in [9.17, 15) is 59.0 Å². The Morgan fingerprint density at radius 1 is 0.504 bits per heavy atom. The van der Waals surface area contributed by atoms with Gasteiger partial charge >= 0.3 is 18.2 Å². The van der Waals surface area contributed by atoms with Crippen molar-refractivity contribution < 1.29 is 73.5 Å². The Morgan fingerprint density at radius 2 is 0.859 bits per heavy atom. The smallest absolute Gasteiger partial charge is 0.410 e. The Bertz CT molecular complexity index is 5850. The molecule has 0 radical (unpaired) electrons. The largest absolute Gasteiger partial charge is 0.480 e. The number of alkyl halides is 4. The molecule has 0 bridgehead atoms. The number of ketones is 2. The summed E-state index contributed by atoms with van der Waals surface area (Å²) < 4.78 is 108. The predicted molar refractivity (Wildman–Crippen MR) is 567 cm³/mol. The number of likely N-dealkylation sites (tertiary alicyclic amines) is 3. The molecule has 135 heavy (non-hydrogen) atoms. The number of aliphatic carboxylic acids is 1. The Labute approximate surface area is 873 Å². The highest BCUT2D eigenvalue weighted by Gasteiger charge is 2.41. The first-order chi connectivity index (χ1) is 62.0. The van der Waals surface area contributed by atoms with E-state index in [0.717, 1.165) is 40.8 Å². The predicted octanol–water partition coefficient (Wildman–Crippen LogP) is 17.2. The number of hydrogen-bond donors (Lipinski definition) is 2. The van der Waals surface area contributed by atoms with Gasteiger partial charge in [0.15, 0.2) is 11.6 Å². The molecule has 3 amide bonds. The lowest BCUT2D eigenvalue weighted by Gasteiger charge is -2.28. The fraction of sp³-hybridized carbons (Fsp3) is 0.435. The molecule has 4 aliphatic rings. The van der Waals surface area contributed by atoms with Gasteiger partial charge in [-0.25, -0.2) is 67.0 Å². The van der Waals surface area contributed by atoms with E-state index in [1.165, 1.54) is 67.4 Å². The van der Waals surface area contributed by atoms with Gasteiger partial charge in [-0.3, -0.25) is 41.2 Å². The maximum Gasteiger partial charge on any atom is 0.410 e. The number of benzene rings is 2. The summed E-state index contributed by atoms with van der Waals surface area (Å²) in [5.74, 6) is 0.749. The standard InChI is InChI=1S/C26H24BrFN6O3S.C16H14N4O3.C15H20BrFN2O3S.C15H20BrFN2O2S.C10H12BrFN2OS.3CH4.S4.S3.S2.H2S/c1-15(35)26-21-8-17(18-10-29-16(2)30-11-18)6-7-22(21)34(32-26)13-25(36)33-12-19(28)9-20(33)14-38(37)24-5-3-4-23(27)31-24;1-9(21)16-13-5-11(12-6-17-10(2)18-7-12)3-4-14(13)20(19-16)8-15(22)23;1-15(2,3)22-14(20)19-8-10(17)7-11(19)9-23(21)13-6-4-5-12(16)18-13;1-15(2,3)21-14(20)19-8-10(17)7-11(19)9-22-13-6-4-5-12(16)18-13;11-9-2-1-3-10(14-9)16(15)6-8-4-7(12)5-13-8;;;;1-3-4-2;1-3-2;1-2;/h3-8,10-11,19-20H,9,12-14H2,1-2H3;3-7H,8H2,1-2H3,(H,22,23);4-6,10-11H,7-9H2,1-3H3;4-6,10-11H,7-9H2,1-3H3;1-3,7-8,13H,4-6H2;3*1H4;;;;1H2/t19-,20+,38?;;10-,11+,23?;10-,11+;7-,8+,16?;;;;;;;/m1.111......./s1. The molecule has 2 N–H and O–H groups in total. The van der Waals surface area contributed by atoms with Gasteiger partial charge in [0, 0.05) is 216 Å². The number of pyridine rings is 4. The van der Waals surface area contributed by atoms with Crippen LogP contribution in [0, 0.1) is 13.8 Å². The molecule has 0 aliphatic carbocycles. The van der Waals surface area contributed by atoms with Crippen molar-refractivity contribution in [3.05, 3.63) is 175 Å². The molecule has 0 saturated carbocycles. The molecule has 2 aromatic carbocycles. The number of nitrogens with one attached hydrogen (secondary N) is 1. The minimum absolute atomic E-state index is 0. The molecule has 11 atom stereocenters. The lowest BCUT2D eigenvalue weighted by molar-refractivity contribution is -0.138. The molecule has 4 saturated heterocycles. The highest BCUT2D eigenvalue weighted by molar-refractivity contribution is 9.11. The van der Waals surface area contributed by atoms with Crippen LogP contribution in [0.5, 0.6) is 0 Å². The van der Waals surface area contributed by atoms with Crippen molar-refractivity contribution in [1.82, 2.24) is 79.4 Å². The zero-order chi connectivity index (χ0) is 96.7. The van der Waals surface area contributed by atoms with Crippen LogP contribution in [0.15, 0.2) is 172 Å². The van der Waals surface area contributed by atoms with Crippen LogP contribution in [-0.2, 0) is 158 Å². The summed E-state index contributed by atoms with van der Waals surface area (Å²) in [5, 5.41) is 23.9. The monoisotopic (exact) mass is 2380 g/mol. The molecule has 14 rings (SSSR count). The zero-order valence-corrected chi connectivity index (χ0v) is 90.2. The van der Waals surface area contributed by atoms with Gasteiger partial charge in [0.1, 0.15) is 106 Å². The molecular weight excluding hydrogens is 2280 g/mol. The Balaban J connectivity index is 0.000000432. The molecule has 4 fully saturated rings. The third-order valence-corrected chi connectivity index (χ3v) is 28.0. The Hall–Kier alpha value is -6.31. The summed E-state index contributed by atoms with van der Waals surface area (Å²) in [5.41, 5.74) is 3.75. The number of nitrogens with zero attached hydrogens (tertiary/aromatic N) is 15. The van der Waals surface area contributed by atoms with Crippen molar-refractivity contribution in [3.63, 3.8) is 0 Å². The van der Waals surface area contributed by atoms with Gasteiger partial charge in [0.05, 0.1) is 79.6 Å². The van der Waals surface area contributed by atoms with Crippen molar-refractivity contribution in [1.29, 1.82) is 0 Å². The van der Waals surface area contributed by atoms with Crippen LogP contribution in [0.25, 0.3) is 44.1 Å². The summed E-state index contributed by atoms with van der Waals surface area (Å²) in [6.07, 6.45) is 2.74. The van der Waals surface area contributed by atoms with E-state index in [1.54, 1.807) is 126 Å². The van der Waals surface area contributed by atoms with E-state index in [1.807, 2.05) is 63.2 Å². The van der Waals surface area contributed by atoms with E-state index >= 15 is 0 Å². The number of carboxylic acid groups (broad SMARTS) is 1. The van der Waals surface area contributed by atoms with Gasteiger partial charge < -0.3 is 34.6 Å². The van der Waals surface area contributed by atoms with Gasteiger partial charge in [-0.15, -0.1) is 11.8 Å². The molecule has 10 aromatic rings. The summed E-state index contributed by atoms with van der Waals surface area (Å²) in [4.78, 5) is 111. The van der Waals surface area contributed by atoms with E-state index < -0.39 is 98.5 Å². The van der Waals surface area contributed by atoms with Crippen LogP contribution in [0.4, 0.5) is 27.2 Å². The fourth-order valence-electron chi connectivity index (χ4n) is 13.2. The molecule has 12 heterocycles. The zero-order valence-electron chi connectivity index (χ0n) is 72.2. The molecule has 0 spiro atoms. The maximum absolute atomic E-state index is 14.4. The van der Waals surface area contributed by atoms with Gasteiger partial charge in [0.2, 0.25) is 5.91 Å². The van der Waals surface area contributed by atoms with E-state index in [-0.39, 0.29) is 134 Å². The number of fused-ring (bicyclic) bond motifs is 2. The number of hydrogen-bond acceptors (Lipinski definition) is 29. The number of carbonyl (C=O) groups is 6. The second-order valence-corrected chi connectivity index (χ2v) is 44.9. The molecular formula is C85H104Br4F4N16O12S14. The summed E-state index contributed by atoms with van der Waals surface area (Å²) in [7, 11) is -0.833. The first kappa shape index (κ1) is 123. The van der Waals surface area contributed by atoms with Crippen LogP contribution < -0.4 is 5.32 Å². The second-order valence-electron chi connectivity index (χ2n) is 31.0. The van der Waals surface area contributed by atoms with Crippen molar-refractivity contribution >= 4 is 273 Å². The first-order valence-corrected chi connectivity index (χ1v) is 55.5. The number of Topliss-reactive ketones (excluding diaryl/α,β-unsaturated/α-hetero) is 2. The highest BCUT2D eigenvalue weighted by Crippen LogP contribution is 2.34. The normalized spacial score (nSPS) is 17.9. The number of ether oxygens (including phenoxy) is 2. The van der Waals surface area contributed by atoms with Crippen molar-refractivity contribution in [2.45, 2.75) is 210 Å². The van der Waals surface area contributed by atoms with Crippen LogP contribution in [0.3, 0.4) is 0 Å². The summed E-state index contributed by atoms with van der Waals surface area (Å²) in [6, 6.07) is 30.9. The lowest BCUT2D eigenvalue weighted by Crippen LogP contribution is -2.42. The third-order valence-electron chi connectivity index (χ3n) is 18.8. The number of aryl methyl sites for hydroxylation is 2. The fourth-order valence-corrected chi connectivity index (χ4v) is 19.9. The van der Waals surface area contributed by atoms with E-state index in [0.29, 0.717) is 93.2 Å². The molecule has 736 valence electrons.